The molecule has 0 radical (unpaired) electrons. The third kappa shape index (κ3) is 4.11. The van der Waals surface area contributed by atoms with Crippen molar-refractivity contribution in [2.24, 2.45) is 5.92 Å². The normalized spacial score (nSPS) is 11.7. The van der Waals surface area contributed by atoms with Gasteiger partial charge in [0.1, 0.15) is 5.82 Å². The lowest BCUT2D eigenvalue weighted by Crippen LogP contribution is -2.14. The highest BCUT2D eigenvalue weighted by Gasteiger charge is 2.15. The van der Waals surface area contributed by atoms with Crippen LogP contribution in [0.15, 0.2) is 42.9 Å². The lowest BCUT2D eigenvalue weighted by atomic mass is 10.0. The number of thiol groups is 1. The van der Waals surface area contributed by atoms with Gasteiger partial charge in [-0.2, -0.15) is 0 Å². The summed E-state index contributed by atoms with van der Waals surface area (Å²) < 4.78 is 40.7. The van der Waals surface area contributed by atoms with E-state index in [-0.39, 0.29) is 5.82 Å². The molecule has 0 unspecified atom stereocenters. The molecule has 2 heterocycles. The van der Waals surface area contributed by atoms with Gasteiger partial charge in [0.15, 0.2) is 0 Å². The van der Waals surface area contributed by atoms with Gasteiger partial charge in [0.05, 0.1) is 0 Å². The Morgan fingerprint density at radius 1 is 1.23 bits per heavy atom. The van der Waals surface area contributed by atoms with E-state index in [1.165, 1.54) is 0 Å². The van der Waals surface area contributed by atoms with Crippen molar-refractivity contribution in [2.75, 3.05) is 6.54 Å². The minimum Gasteiger partial charge on any atom is -0.347 e. The Balaban J connectivity index is 2.08. The first-order valence-corrected chi connectivity index (χ1v) is 9.73. The van der Waals surface area contributed by atoms with E-state index in [0.29, 0.717) is 24.4 Å². The third-order valence-electron chi connectivity index (χ3n) is 4.24. The van der Waals surface area contributed by atoms with E-state index < -0.39 is 10.9 Å². The molecule has 0 spiro atoms. The molecule has 0 saturated carbocycles. The Bertz CT molecular complexity index is 973. The second-order valence-corrected chi connectivity index (χ2v) is 7.53. The number of aromatic nitrogens is 2. The maximum atomic E-state index is 14.8. The number of fused-ring (bicyclic) bond motifs is 1. The van der Waals surface area contributed by atoms with Gasteiger partial charge >= 0.3 is 0 Å². The van der Waals surface area contributed by atoms with Crippen molar-refractivity contribution in [2.45, 2.75) is 26.8 Å². The monoisotopic (exact) mass is 375 g/mol. The van der Waals surface area contributed by atoms with Gasteiger partial charge in [-0.15, -0.1) is 0 Å². The maximum absolute atomic E-state index is 14.8. The molecule has 1 aromatic carbocycles. The van der Waals surface area contributed by atoms with E-state index in [1.807, 2.05) is 12.3 Å². The van der Waals surface area contributed by atoms with Crippen LogP contribution < -0.4 is 4.72 Å². The van der Waals surface area contributed by atoms with Crippen LogP contribution in [0.4, 0.5) is 4.39 Å². The molecular weight excluding hydrogens is 353 g/mol. The van der Waals surface area contributed by atoms with Crippen molar-refractivity contribution >= 4 is 21.8 Å². The number of rotatable bonds is 7. The molecule has 0 atom stereocenters. The summed E-state index contributed by atoms with van der Waals surface area (Å²) in [6, 6.07) is 6.99. The van der Waals surface area contributed by atoms with Crippen LogP contribution in [-0.4, -0.2) is 24.5 Å². The van der Waals surface area contributed by atoms with Gasteiger partial charge < -0.3 is 4.57 Å². The van der Waals surface area contributed by atoms with E-state index in [0.717, 1.165) is 28.6 Å². The first-order chi connectivity index (χ1) is 12.5. The zero-order valence-electron chi connectivity index (χ0n) is 14.8. The van der Waals surface area contributed by atoms with E-state index in [9.17, 15) is 12.8 Å². The lowest BCUT2D eigenvalue weighted by Gasteiger charge is -2.10. The summed E-state index contributed by atoms with van der Waals surface area (Å²) in [4.78, 5) is 3.99. The zero-order chi connectivity index (χ0) is 18.7. The van der Waals surface area contributed by atoms with E-state index in [2.05, 4.69) is 28.1 Å². The molecule has 0 aliphatic rings. The number of nitrogens with one attached hydrogen (secondary N) is 1. The highest BCUT2D eigenvalue weighted by molar-refractivity contribution is 7.70. The molecule has 26 heavy (non-hydrogen) atoms. The largest absolute Gasteiger partial charge is 0.347 e. The van der Waals surface area contributed by atoms with Crippen molar-refractivity contribution in [3.05, 3.63) is 54.2 Å². The lowest BCUT2D eigenvalue weighted by molar-refractivity contribution is 0.534. The molecule has 138 valence electrons. The second-order valence-electron chi connectivity index (χ2n) is 6.70. The van der Waals surface area contributed by atoms with Gasteiger partial charge in [-0.25, -0.2) is 17.5 Å². The summed E-state index contributed by atoms with van der Waals surface area (Å²) in [6.07, 6.45) is 5.81. The van der Waals surface area contributed by atoms with Crippen molar-refractivity contribution in [3.8, 4) is 11.1 Å². The quantitative estimate of drug-likeness (QED) is 0.624. The Hall–Kier alpha value is -2.25. The van der Waals surface area contributed by atoms with Crippen molar-refractivity contribution in [3.63, 3.8) is 0 Å². The molecule has 0 bridgehead atoms. The van der Waals surface area contributed by atoms with Crippen LogP contribution >= 0.6 is 0 Å². The first kappa shape index (κ1) is 18.5. The fourth-order valence-electron chi connectivity index (χ4n) is 3.16. The summed E-state index contributed by atoms with van der Waals surface area (Å²) in [5, 5.41) is 0.823. The number of benzene rings is 1. The molecular formula is C19H22FN3O2S. The molecule has 3 rings (SSSR count). The van der Waals surface area contributed by atoms with Crippen molar-refractivity contribution < 1.29 is 12.8 Å². The highest BCUT2D eigenvalue weighted by atomic mass is 32.2. The third-order valence-corrected chi connectivity index (χ3v) is 4.72. The molecule has 2 aromatic heterocycles. The fourth-order valence-corrected chi connectivity index (χ4v) is 3.46. The number of hydrogen-bond acceptors (Lipinski definition) is 3. The van der Waals surface area contributed by atoms with Crippen LogP contribution in [0, 0.1) is 11.7 Å². The Kier molecular flexibility index (Phi) is 5.68. The highest BCUT2D eigenvalue weighted by Crippen LogP contribution is 2.31. The number of halogens is 1. The van der Waals surface area contributed by atoms with E-state index >= 15 is 0 Å². The second kappa shape index (κ2) is 7.97. The smallest absolute Gasteiger partial charge is 0.201 e. The van der Waals surface area contributed by atoms with Crippen LogP contribution in [0.25, 0.3) is 22.0 Å². The predicted molar refractivity (Wildman–Crippen MR) is 102 cm³/mol. The topological polar surface area (TPSA) is 64.0 Å². The maximum Gasteiger partial charge on any atom is 0.201 e. The minimum atomic E-state index is -2.63. The summed E-state index contributed by atoms with van der Waals surface area (Å²) in [5.74, 6) is 0.136. The first-order valence-electron chi connectivity index (χ1n) is 8.55. The average molecular weight is 375 g/mol. The van der Waals surface area contributed by atoms with Crippen LogP contribution in [0.3, 0.4) is 0 Å². The predicted octanol–water partition coefficient (Wildman–Crippen LogP) is 3.16. The number of nitrogens with zero attached hydrogens (tertiary/aromatic N) is 2. The molecule has 7 heteroatoms. The summed E-state index contributed by atoms with van der Waals surface area (Å²) >= 11 is 0. The molecule has 0 saturated heterocycles. The Morgan fingerprint density at radius 2 is 1.96 bits per heavy atom. The molecule has 0 amide bonds. The van der Waals surface area contributed by atoms with E-state index in [1.54, 1.807) is 30.6 Å². The van der Waals surface area contributed by atoms with Crippen LogP contribution in [0.5, 0.6) is 0 Å². The van der Waals surface area contributed by atoms with Gasteiger partial charge in [0, 0.05) is 48.1 Å². The van der Waals surface area contributed by atoms with Gasteiger partial charge in [-0.05, 0) is 47.7 Å². The molecule has 0 aliphatic heterocycles. The van der Waals surface area contributed by atoms with Crippen LogP contribution in [-0.2, 0) is 23.9 Å². The SMILES string of the molecule is CC(C)Cn1cc(CCN[SH](=O)=O)c2cc(F)c(-c3ccncc3)cc21. The fraction of sp³-hybridized carbons (Fsp3) is 0.316. The molecule has 5 nitrogen and oxygen atoms in total. The van der Waals surface area contributed by atoms with Gasteiger partial charge in [-0.1, -0.05) is 13.8 Å². The molecule has 0 aliphatic carbocycles. The van der Waals surface area contributed by atoms with Gasteiger partial charge in [0.2, 0.25) is 10.9 Å². The molecule has 3 aromatic rings. The Labute approximate surface area is 154 Å². The van der Waals surface area contributed by atoms with Crippen LogP contribution in [0.2, 0.25) is 0 Å². The van der Waals surface area contributed by atoms with Crippen molar-refractivity contribution in [1.29, 1.82) is 0 Å². The van der Waals surface area contributed by atoms with Gasteiger partial charge in [0.25, 0.3) is 0 Å². The zero-order valence-corrected chi connectivity index (χ0v) is 15.7. The van der Waals surface area contributed by atoms with E-state index in [4.69, 9.17) is 0 Å². The van der Waals surface area contributed by atoms with Gasteiger partial charge in [-0.3, -0.25) is 4.98 Å². The summed E-state index contributed by atoms with van der Waals surface area (Å²) in [5.41, 5.74) is 3.21. The minimum absolute atomic E-state index is 0.296. The standard InChI is InChI=1S/C19H22FN3O2S/c1-13(2)11-23-12-15(5-8-22-26(24)25)17-9-18(20)16(10-19(17)23)14-3-6-21-7-4-14/h3-4,6-7,9-10,12-13,26H,5,8,11H2,1-2H3,(H,22,24,25). The van der Waals surface area contributed by atoms with Crippen LogP contribution in [0.1, 0.15) is 19.4 Å². The average Bonchev–Trinajstić information content (AvgIpc) is 2.90. The van der Waals surface area contributed by atoms with Crippen molar-refractivity contribution in [1.82, 2.24) is 14.3 Å². The summed E-state index contributed by atoms with van der Waals surface area (Å²) in [7, 11) is -2.63. The molecule has 1 N–H and O–H groups in total. The molecule has 0 fully saturated rings. The number of hydrogen-bond donors (Lipinski definition) is 2. The Morgan fingerprint density at radius 3 is 2.62 bits per heavy atom. The number of pyridine rings is 1. The summed E-state index contributed by atoms with van der Waals surface area (Å²) in [6.45, 7) is 5.36.